The number of primary amides is 1. The number of nitrogens with one attached hydrogen (secondary N) is 2. The lowest BCUT2D eigenvalue weighted by atomic mass is 10.1. The summed E-state index contributed by atoms with van der Waals surface area (Å²) < 4.78 is 0.566. The highest BCUT2D eigenvalue weighted by molar-refractivity contribution is 7.73. The molecule has 2 rings (SSSR count). The van der Waals surface area contributed by atoms with Crippen molar-refractivity contribution >= 4 is 35.4 Å². The average molecular weight is 293 g/mol. The largest absolute Gasteiger partial charge is 0.366 e. The van der Waals surface area contributed by atoms with E-state index in [1.165, 1.54) is 11.3 Å². The zero-order valence-electron chi connectivity index (χ0n) is 9.80. The number of hydrogen-bond acceptors (Lipinski definition) is 4. The molecule has 0 radical (unpaired) electrons. The van der Waals surface area contributed by atoms with Gasteiger partial charge in [-0.25, -0.2) is 0 Å². The van der Waals surface area contributed by atoms with Gasteiger partial charge in [0.05, 0.1) is 0 Å². The van der Waals surface area contributed by atoms with E-state index in [1.807, 2.05) is 0 Å². The normalized spacial score (nSPS) is 10.1. The summed E-state index contributed by atoms with van der Waals surface area (Å²) in [6.07, 6.45) is 0. The molecule has 0 spiro atoms. The van der Waals surface area contributed by atoms with Gasteiger partial charge in [0.2, 0.25) is 5.91 Å². The molecule has 0 aliphatic heterocycles. The number of aromatic amines is 1. The number of nitrogens with two attached hydrogens (primary N) is 1. The summed E-state index contributed by atoms with van der Waals surface area (Å²) in [6.45, 7) is 0.369. The second-order valence-electron chi connectivity index (χ2n) is 3.81. The molecule has 2 aromatic rings. The van der Waals surface area contributed by atoms with Crippen molar-refractivity contribution in [2.24, 2.45) is 5.73 Å². The molecule has 4 N–H and O–H groups in total. The summed E-state index contributed by atoms with van der Waals surface area (Å²) in [5.41, 5.74) is 6.91. The van der Waals surface area contributed by atoms with E-state index in [0.29, 0.717) is 21.8 Å². The first-order valence-corrected chi connectivity index (χ1v) is 6.70. The van der Waals surface area contributed by atoms with Gasteiger partial charge >= 0.3 is 0 Å². The second-order valence-corrected chi connectivity index (χ2v) is 5.35. The van der Waals surface area contributed by atoms with Gasteiger partial charge in [0.25, 0.3) is 5.91 Å². The summed E-state index contributed by atoms with van der Waals surface area (Å²) in [5.74, 6) is -0.687. The minimum Gasteiger partial charge on any atom is -0.366 e. The third-order valence-electron chi connectivity index (χ3n) is 2.46. The smallest absolute Gasteiger partial charge is 0.268 e. The number of rotatable bonds is 4. The maximum atomic E-state index is 11.8. The van der Waals surface area contributed by atoms with Crippen LogP contribution in [-0.2, 0) is 6.54 Å². The highest BCUT2D eigenvalue weighted by atomic mass is 32.1. The number of thiazole rings is 1. The van der Waals surface area contributed by atoms with Crippen LogP contribution in [0.2, 0.25) is 0 Å². The lowest BCUT2D eigenvalue weighted by molar-refractivity contribution is 0.0945. The van der Waals surface area contributed by atoms with Crippen molar-refractivity contribution < 1.29 is 9.59 Å². The molecule has 19 heavy (non-hydrogen) atoms. The van der Waals surface area contributed by atoms with E-state index in [2.05, 4.69) is 10.3 Å². The van der Waals surface area contributed by atoms with Crippen LogP contribution in [0.5, 0.6) is 0 Å². The van der Waals surface area contributed by atoms with Gasteiger partial charge in [-0.1, -0.05) is 12.1 Å². The van der Waals surface area contributed by atoms with Gasteiger partial charge in [0.1, 0.15) is 5.69 Å². The van der Waals surface area contributed by atoms with E-state index in [-0.39, 0.29) is 5.91 Å². The third kappa shape index (κ3) is 3.49. The molecule has 98 valence electrons. The van der Waals surface area contributed by atoms with Gasteiger partial charge in [-0.3, -0.25) is 9.59 Å². The van der Waals surface area contributed by atoms with Crippen LogP contribution in [-0.4, -0.2) is 16.8 Å². The molecule has 1 aromatic heterocycles. The first-order chi connectivity index (χ1) is 9.06. The summed E-state index contributed by atoms with van der Waals surface area (Å²) in [6, 6.07) is 6.75. The van der Waals surface area contributed by atoms with Crippen LogP contribution < -0.4 is 11.1 Å². The van der Waals surface area contributed by atoms with Gasteiger partial charge in [-0.05, 0) is 29.9 Å². The topological polar surface area (TPSA) is 88.0 Å². The summed E-state index contributed by atoms with van der Waals surface area (Å²) >= 11 is 6.21. The first-order valence-electron chi connectivity index (χ1n) is 5.41. The number of H-pyrrole nitrogens is 1. The Hall–Kier alpha value is -1.99. The quantitative estimate of drug-likeness (QED) is 0.751. The lowest BCUT2D eigenvalue weighted by Gasteiger charge is -2.04. The standard InChI is InChI=1S/C12H11N3O2S2/c13-10(16)8-3-1-7(2-4-8)5-14-11(17)9-6-19-12(18)15-9/h1-4,6H,5H2,(H2,13,16)(H,14,17)(H,15,18). The maximum absolute atomic E-state index is 11.8. The Balaban J connectivity index is 1.97. The molecule has 0 aliphatic rings. The highest BCUT2D eigenvalue weighted by Crippen LogP contribution is 2.06. The van der Waals surface area contributed by atoms with Crippen LogP contribution in [0, 0.1) is 3.95 Å². The second kappa shape index (κ2) is 5.77. The SMILES string of the molecule is NC(=O)c1ccc(CNC(=O)c2csc(=S)[nH]2)cc1. The van der Waals surface area contributed by atoms with Crippen molar-refractivity contribution in [3.8, 4) is 0 Å². The molecular formula is C12H11N3O2S2. The molecular weight excluding hydrogens is 282 g/mol. The van der Waals surface area contributed by atoms with E-state index in [9.17, 15) is 9.59 Å². The molecule has 2 amide bonds. The van der Waals surface area contributed by atoms with Gasteiger partial charge < -0.3 is 16.0 Å². The van der Waals surface area contributed by atoms with Crippen molar-refractivity contribution in [3.63, 3.8) is 0 Å². The summed E-state index contributed by atoms with van der Waals surface area (Å²) in [7, 11) is 0. The molecule has 0 bridgehead atoms. The molecule has 7 heteroatoms. The molecule has 0 saturated heterocycles. The fourth-order valence-corrected chi connectivity index (χ4v) is 2.27. The maximum Gasteiger partial charge on any atom is 0.268 e. The number of benzene rings is 1. The Morgan fingerprint density at radius 3 is 2.53 bits per heavy atom. The molecule has 0 unspecified atom stereocenters. The Labute approximate surface area is 118 Å². The summed E-state index contributed by atoms with van der Waals surface area (Å²) in [5, 5.41) is 4.43. The van der Waals surface area contributed by atoms with Gasteiger partial charge in [0, 0.05) is 17.5 Å². The van der Waals surface area contributed by atoms with Crippen molar-refractivity contribution in [3.05, 3.63) is 50.4 Å². The minimum atomic E-state index is -0.471. The van der Waals surface area contributed by atoms with E-state index >= 15 is 0 Å². The Morgan fingerprint density at radius 1 is 1.32 bits per heavy atom. The zero-order chi connectivity index (χ0) is 13.8. The van der Waals surface area contributed by atoms with Gasteiger partial charge in [-0.15, -0.1) is 11.3 Å². The number of carbonyl (C=O) groups is 2. The van der Waals surface area contributed by atoms with Crippen LogP contribution in [0.4, 0.5) is 0 Å². The average Bonchev–Trinajstić information content (AvgIpc) is 2.83. The fourth-order valence-electron chi connectivity index (χ4n) is 1.46. The Bertz CT molecular complexity index is 658. The van der Waals surface area contributed by atoms with Crippen molar-refractivity contribution in [2.45, 2.75) is 6.54 Å². The molecule has 0 saturated carbocycles. The van der Waals surface area contributed by atoms with E-state index in [1.54, 1.807) is 29.6 Å². The van der Waals surface area contributed by atoms with Crippen LogP contribution >= 0.6 is 23.6 Å². The van der Waals surface area contributed by atoms with Crippen molar-refractivity contribution in [2.75, 3.05) is 0 Å². The molecule has 1 aromatic carbocycles. The molecule has 5 nitrogen and oxygen atoms in total. The molecule has 1 heterocycles. The van der Waals surface area contributed by atoms with E-state index < -0.39 is 5.91 Å². The number of hydrogen-bond donors (Lipinski definition) is 3. The molecule has 0 aliphatic carbocycles. The predicted octanol–water partition coefficient (Wildman–Crippen LogP) is 1.83. The lowest BCUT2D eigenvalue weighted by Crippen LogP contribution is -2.23. The zero-order valence-corrected chi connectivity index (χ0v) is 11.4. The predicted molar refractivity (Wildman–Crippen MR) is 75.6 cm³/mol. The third-order valence-corrected chi connectivity index (χ3v) is 3.52. The number of amides is 2. The van der Waals surface area contributed by atoms with Crippen LogP contribution in [0.25, 0.3) is 0 Å². The van der Waals surface area contributed by atoms with Crippen molar-refractivity contribution in [1.29, 1.82) is 0 Å². The van der Waals surface area contributed by atoms with E-state index in [4.69, 9.17) is 18.0 Å². The Morgan fingerprint density at radius 2 is 2.00 bits per heavy atom. The highest BCUT2D eigenvalue weighted by Gasteiger charge is 2.07. The van der Waals surface area contributed by atoms with Crippen molar-refractivity contribution in [1.82, 2.24) is 10.3 Å². The van der Waals surface area contributed by atoms with Crippen LogP contribution in [0.1, 0.15) is 26.4 Å². The van der Waals surface area contributed by atoms with Gasteiger partial charge in [-0.2, -0.15) is 0 Å². The van der Waals surface area contributed by atoms with E-state index in [0.717, 1.165) is 5.56 Å². The first kappa shape index (κ1) is 13.4. The van der Waals surface area contributed by atoms with Gasteiger partial charge in [0.15, 0.2) is 3.95 Å². The summed E-state index contributed by atoms with van der Waals surface area (Å²) in [4.78, 5) is 25.5. The molecule has 0 fully saturated rings. The molecule has 0 atom stereocenters. The van der Waals surface area contributed by atoms with Crippen LogP contribution in [0.15, 0.2) is 29.6 Å². The minimum absolute atomic E-state index is 0.216. The Kier molecular flexibility index (Phi) is 4.08. The number of aromatic nitrogens is 1. The number of carbonyl (C=O) groups excluding carboxylic acids is 2. The van der Waals surface area contributed by atoms with Crippen LogP contribution in [0.3, 0.4) is 0 Å². The monoisotopic (exact) mass is 293 g/mol. The fraction of sp³-hybridized carbons (Fsp3) is 0.0833.